The highest BCUT2D eigenvalue weighted by molar-refractivity contribution is 6.30. The van der Waals surface area contributed by atoms with Gasteiger partial charge in [0.15, 0.2) is 11.5 Å². The summed E-state index contributed by atoms with van der Waals surface area (Å²) in [7, 11) is 0. The van der Waals surface area contributed by atoms with Crippen LogP contribution >= 0.6 is 11.6 Å². The predicted molar refractivity (Wildman–Crippen MR) is 122 cm³/mol. The van der Waals surface area contributed by atoms with Crippen molar-refractivity contribution < 1.29 is 13.9 Å². The first-order valence-electron chi connectivity index (χ1n) is 10.9. The highest BCUT2D eigenvalue weighted by atomic mass is 35.5. The molecule has 0 aliphatic carbocycles. The Hall–Kier alpha value is -2.80. The van der Waals surface area contributed by atoms with Gasteiger partial charge in [0.25, 0.3) is 0 Å². The minimum absolute atomic E-state index is 0.0957. The van der Waals surface area contributed by atoms with Crippen LogP contribution in [0, 0.1) is 11.7 Å². The maximum absolute atomic E-state index is 14.5. The SMILES string of the molecule is Fc1ccccc1CN1CC2C(c3ccc(Cl)cc3)NNC2c2cc3c(cc21)OCCO3. The average molecular weight is 452 g/mol. The zero-order valence-corrected chi connectivity index (χ0v) is 18.1. The van der Waals surface area contributed by atoms with Crippen LogP contribution in [-0.4, -0.2) is 19.8 Å². The van der Waals surface area contributed by atoms with Crippen LogP contribution in [-0.2, 0) is 6.54 Å². The van der Waals surface area contributed by atoms with Crippen LogP contribution in [0.4, 0.5) is 10.1 Å². The topological polar surface area (TPSA) is 45.8 Å². The number of nitrogens with zero attached hydrogens (tertiary/aromatic N) is 1. The molecule has 2 N–H and O–H groups in total. The summed E-state index contributed by atoms with van der Waals surface area (Å²) in [6.07, 6.45) is 0. The van der Waals surface area contributed by atoms with Gasteiger partial charge in [0.05, 0.1) is 12.1 Å². The number of hydrazine groups is 1. The molecule has 164 valence electrons. The summed E-state index contributed by atoms with van der Waals surface area (Å²) < 4.78 is 26.3. The van der Waals surface area contributed by atoms with Crippen LogP contribution in [0.3, 0.4) is 0 Å². The summed E-state index contributed by atoms with van der Waals surface area (Å²) in [5, 5.41) is 0.718. The lowest BCUT2D eigenvalue weighted by molar-refractivity contribution is 0.171. The third-order valence-corrected chi connectivity index (χ3v) is 6.85. The van der Waals surface area contributed by atoms with Crippen molar-refractivity contribution in [3.8, 4) is 11.5 Å². The van der Waals surface area contributed by atoms with Gasteiger partial charge in [0.1, 0.15) is 19.0 Å². The molecule has 0 saturated carbocycles. The summed E-state index contributed by atoms with van der Waals surface area (Å²) in [5.74, 6) is 1.55. The van der Waals surface area contributed by atoms with E-state index in [1.165, 1.54) is 11.6 Å². The Morgan fingerprint density at radius 3 is 2.44 bits per heavy atom. The van der Waals surface area contributed by atoms with E-state index in [9.17, 15) is 4.39 Å². The van der Waals surface area contributed by atoms with Gasteiger partial charge in [0.2, 0.25) is 0 Å². The Labute approximate surface area is 191 Å². The summed E-state index contributed by atoms with van der Waals surface area (Å²) in [6.45, 7) is 2.32. The Balaban J connectivity index is 1.42. The molecule has 6 rings (SSSR count). The predicted octanol–water partition coefficient (Wildman–Crippen LogP) is 4.78. The fourth-order valence-electron chi connectivity index (χ4n) is 5.06. The smallest absolute Gasteiger partial charge is 0.163 e. The van der Waals surface area contributed by atoms with E-state index in [4.69, 9.17) is 21.1 Å². The Morgan fingerprint density at radius 2 is 1.66 bits per heavy atom. The van der Waals surface area contributed by atoms with Crippen LogP contribution in [0.15, 0.2) is 60.7 Å². The van der Waals surface area contributed by atoms with Crippen LogP contribution in [0.1, 0.15) is 28.8 Å². The number of fused-ring (bicyclic) bond motifs is 4. The molecule has 3 aromatic rings. The number of ether oxygens (including phenoxy) is 2. The van der Waals surface area contributed by atoms with Crippen molar-refractivity contribution in [1.29, 1.82) is 0 Å². The van der Waals surface area contributed by atoms with Gasteiger partial charge < -0.3 is 14.4 Å². The van der Waals surface area contributed by atoms with Crippen molar-refractivity contribution in [2.45, 2.75) is 18.6 Å². The summed E-state index contributed by atoms with van der Waals surface area (Å²) >= 11 is 6.11. The van der Waals surface area contributed by atoms with E-state index in [-0.39, 0.29) is 23.8 Å². The number of rotatable bonds is 3. The van der Waals surface area contributed by atoms with E-state index in [0.29, 0.717) is 25.3 Å². The Bertz CT molecular complexity index is 1160. The number of halogens is 2. The Kier molecular flexibility index (Phi) is 4.94. The van der Waals surface area contributed by atoms with Crippen LogP contribution in [0.25, 0.3) is 0 Å². The van der Waals surface area contributed by atoms with E-state index in [2.05, 4.69) is 34.0 Å². The van der Waals surface area contributed by atoms with Gasteiger partial charge in [-0.2, -0.15) is 0 Å². The van der Waals surface area contributed by atoms with E-state index in [0.717, 1.165) is 34.3 Å². The molecule has 0 amide bonds. The summed E-state index contributed by atoms with van der Waals surface area (Å²) in [5.41, 5.74) is 11.0. The number of hydrogen-bond acceptors (Lipinski definition) is 5. The molecular formula is C25H23ClFN3O2. The van der Waals surface area contributed by atoms with Gasteiger partial charge in [-0.05, 0) is 35.4 Å². The number of benzene rings is 3. The normalized spacial score (nSPS) is 23.6. The zero-order valence-electron chi connectivity index (χ0n) is 17.4. The zero-order chi connectivity index (χ0) is 21.7. The molecule has 3 aromatic carbocycles. The van der Waals surface area contributed by atoms with Crippen molar-refractivity contribution >= 4 is 17.3 Å². The van der Waals surface area contributed by atoms with Crippen molar-refractivity contribution in [2.75, 3.05) is 24.7 Å². The van der Waals surface area contributed by atoms with Crippen molar-refractivity contribution in [3.63, 3.8) is 0 Å². The molecule has 0 radical (unpaired) electrons. The second-order valence-corrected chi connectivity index (χ2v) is 8.92. The standard InChI is InChI=1S/C25H23ClFN3O2/c26-17-7-5-15(6-8-17)24-19-14-30(13-16-3-1-2-4-20(16)27)21-12-23-22(31-9-10-32-23)11-18(21)25(19)29-28-24/h1-8,11-12,19,24-25,28-29H,9-10,13-14H2. The minimum atomic E-state index is -0.189. The molecule has 3 atom stereocenters. The monoisotopic (exact) mass is 451 g/mol. The summed E-state index contributed by atoms with van der Waals surface area (Å²) in [4.78, 5) is 2.25. The van der Waals surface area contributed by atoms with Gasteiger partial charge in [-0.25, -0.2) is 15.2 Å². The van der Waals surface area contributed by atoms with Crippen molar-refractivity contribution in [2.24, 2.45) is 5.92 Å². The molecule has 3 aliphatic rings. The average Bonchev–Trinajstić information content (AvgIpc) is 3.24. The second kappa shape index (κ2) is 7.96. The maximum Gasteiger partial charge on any atom is 0.163 e. The van der Waals surface area contributed by atoms with E-state index in [1.807, 2.05) is 30.3 Å². The third kappa shape index (κ3) is 3.39. The molecular weight excluding hydrogens is 429 g/mol. The third-order valence-electron chi connectivity index (χ3n) is 6.60. The van der Waals surface area contributed by atoms with Gasteiger partial charge in [-0.3, -0.25) is 0 Å². The molecule has 1 saturated heterocycles. The molecule has 1 fully saturated rings. The van der Waals surface area contributed by atoms with Gasteiger partial charge in [0, 0.05) is 41.3 Å². The molecule has 3 aliphatic heterocycles. The first kappa shape index (κ1) is 19.9. The first-order valence-corrected chi connectivity index (χ1v) is 11.2. The fourth-order valence-corrected chi connectivity index (χ4v) is 5.18. The van der Waals surface area contributed by atoms with Crippen molar-refractivity contribution in [1.82, 2.24) is 10.9 Å². The van der Waals surface area contributed by atoms with Gasteiger partial charge in [-0.15, -0.1) is 0 Å². The number of hydrogen-bond donors (Lipinski definition) is 2. The molecule has 7 heteroatoms. The fraction of sp³-hybridized carbons (Fsp3) is 0.280. The van der Waals surface area contributed by atoms with Crippen LogP contribution in [0.5, 0.6) is 11.5 Å². The lowest BCUT2D eigenvalue weighted by atomic mass is 9.81. The highest BCUT2D eigenvalue weighted by Crippen LogP contribution is 2.49. The maximum atomic E-state index is 14.5. The largest absolute Gasteiger partial charge is 0.486 e. The van der Waals surface area contributed by atoms with Crippen molar-refractivity contribution in [3.05, 3.63) is 88.2 Å². The van der Waals surface area contributed by atoms with Crippen LogP contribution in [0.2, 0.25) is 5.02 Å². The molecule has 0 aromatic heterocycles. The molecule has 32 heavy (non-hydrogen) atoms. The minimum Gasteiger partial charge on any atom is -0.486 e. The quantitative estimate of drug-likeness (QED) is 0.600. The molecule has 5 nitrogen and oxygen atoms in total. The molecule has 3 unspecified atom stereocenters. The second-order valence-electron chi connectivity index (χ2n) is 8.49. The van der Waals surface area contributed by atoms with Gasteiger partial charge >= 0.3 is 0 Å². The molecule has 3 heterocycles. The van der Waals surface area contributed by atoms with Gasteiger partial charge in [-0.1, -0.05) is 41.9 Å². The molecule has 0 spiro atoms. The number of anilines is 1. The van der Waals surface area contributed by atoms with Crippen LogP contribution < -0.4 is 25.2 Å². The lowest BCUT2D eigenvalue weighted by Crippen LogP contribution is -2.39. The highest BCUT2D eigenvalue weighted by Gasteiger charge is 2.44. The summed E-state index contributed by atoms with van der Waals surface area (Å²) in [6, 6.07) is 19.2. The number of nitrogens with one attached hydrogen (secondary N) is 2. The molecule has 0 bridgehead atoms. The van der Waals surface area contributed by atoms with E-state index >= 15 is 0 Å². The Morgan fingerprint density at radius 1 is 0.938 bits per heavy atom. The van der Waals surface area contributed by atoms with E-state index < -0.39 is 0 Å². The first-order chi connectivity index (χ1) is 15.7. The lowest BCUT2D eigenvalue weighted by Gasteiger charge is -2.40. The van der Waals surface area contributed by atoms with E-state index in [1.54, 1.807) is 6.07 Å².